The van der Waals surface area contributed by atoms with Gasteiger partial charge in [-0.3, -0.25) is 0 Å². The molecule has 2 aromatic heterocycles. The summed E-state index contributed by atoms with van der Waals surface area (Å²) in [6, 6.07) is 6.60. The van der Waals surface area contributed by atoms with Gasteiger partial charge in [-0.1, -0.05) is 11.2 Å². The molecule has 1 aliphatic rings. The third-order valence-electron chi connectivity index (χ3n) is 5.26. The van der Waals surface area contributed by atoms with Crippen LogP contribution in [0, 0.1) is 13.8 Å². The lowest BCUT2D eigenvalue weighted by molar-refractivity contribution is -0.192. The van der Waals surface area contributed by atoms with Crippen LogP contribution in [0.15, 0.2) is 39.9 Å². The number of carboxylic acid groups (broad SMARTS) is 1. The normalized spacial score (nSPS) is 14.2. The smallest absolute Gasteiger partial charge is 0.475 e. The lowest BCUT2D eigenvalue weighted by Crippen LogP contribution is -2.27. The molecule has 15 heteroatoms. The molecular weight excluding hydrogens is 505 g/mol. The molecule has 1 aromatic carbocycles. The number of sulfonamides is 1. The van der Waals surface area contributed by atoms with Crippen LogP contribution in [0.3, 0.4) is 0 Å². The van der Waals surface area contributed by atoms with Gasteiger partial charge in [-0.25, -0.2) is 18.2 Å². The summed E-state index contributed by atoms with van der Waals surface area (Å²) in [7, 11) is -3.50. The highest BCUT2D eigenvalue weighted by atomic mass is 32.2. The summed E-state index contributed by atoms with van der Waals surface area (Å²) in [6.07, 6.45) is -1.75. The zero-order valence-corrected chi connectivity index (χ0v) is 20.0. The molecule has 1 fully saturated rings. The summed E-state index contributed by atoms with van der Waals surface area (Å²) in [5.74, 6) is -1.73. The van der Waals surface area contributed by atoms with E-state index in [9.17, 15) is 21.6 Å². The van der Waals surface area contributed by atoms with E-state index >= 15 is 0 Å². The average Bonchev–Trinajstić information content (AvgIpc) is 3.46. The van der Waals surface area contributed by atoms with Crippen LogP contribution < -0.4 is 11.1 Å². The fourth-order valence-corrected chi connectivity index (χ4v) is 4.80. The molecule has 3 aromatic rings. The van der Waals surface area contributed by atoms with Gasteiger partial charge in [-0.2, -0.15) is 22.5 Å². The van der Waals surface area contributed by atoms with Gasteiger partial charge in [0.2, 0.25) is 16.0 Å². The monoisotopic (exact) mass is 528 g/mol. The van der Waals surface area contributed by atoms with Gasteiger partial charge in [0.25, 0.3) is 0 Å². The number of aryl methyl sites for hydroxylation is 1. The van der Waals surface area contributed by atoms with Crippen molar-refractivity contribution < 1.29 is 36.0 Å². The molecule has 11 nitrogen and oxygen atoms in total. The van der Waals surface area contributed by atoms with Crippen LogP contribution in [0.25, 0.3) is 11.3 Å². The van der Waals surface area contributed by atoms with Crippen LogP contribution in [0.1, 0.15) is 24.1 Å². The molecule has 0 aliphatic carbocycles. The molecule has 3 heterocycles. The molecule has 194 valence electrons. The number of carboxylic acids is 1. The first kappa shape index (κ1) is 26.9. The van der Waals surface area contributed by atoms with Crippen molar-refractivity contribution in [2.75, 3.05) is 24.1 Å². The highest BCUT2D eigenvalue weighted by molar-refractivity contribution is 7.89. The molecule has 0 spiro atoms. The zero-order chi connectivity index (χ0) is 26.7. The standard InChI is InChI=1S/C19H22N6O3S.C2HF3O2/c1-12-13(2)24-28-17(12)16-11-21-19(23-18(16)20)22-14-6-5-7-15(10-14)29(26,27)25-8-3-4-9-25;3-2(4,5)1(6)7/h5-7,10-11H,3-4,8-9H2,1-2H3,(H3,20,21,22,23);(H,6,7). The Morgan fingerprint density at radius 1 is 1.22 bits per heavy atom. The number of nitrogens with two attached hydrogens (primary N) is 1. The number of nitrogen functional groups attached to an aromatic ring is 1. The lowest BCUT2D eigenvalue weighted by atomic mass is 10.1. The summed E-state index contributed by atoms with van der Waals surface area (Å²) >= 11 is 0. The number of nitrogens with zero attached hydrogens (tertiary/aromatic N) is 4. The summed E-state index contributed by atoms with van der Waals surface area (Å²) in [4.78, 5) is 17.7. The summed E-state index contributed by atoms with van der Waals surface area (Å²) in [6.45, 7) is 4.85. The van der Waals surface area contributed by atoms with Crippen LogP contribution in [-0.4, -0.2) is 58.2 Å². The van der Waals surface area contributed by atoms with Crippen molar-refractivity contribution in [3.63, 3.8) is 0 Å². The minimum absolute atomic E-state index is 0.238. The summed E-state index contributed by atoms with van der Waals surface area (Å²) in [5.41, 5.74) is 8.85. The number of alkyl halides is 3. The minimum Gasteiger partial charge on any atom is -0.475 e. The summed E-state index contributed by atoms with van der Waals surface area (Å²) in [5, 5.41) is 14.1. The molecule has 4 N–H and O–H groups in total. The van der Waals surface area contributed by atoms with Gasteiger partial charge in [0.1, 0.15) is 5.82 Å². The maximum Gasteiger partial charge on any atom is 0.490 e. The van der Waals surface area contributed by atoms with Gasteiger partial charge < -0.3 is 20.7 Å². The molecular formula is C21H23F3N6O5S. The van der Waals surface area contributed by atoms with Crippen molar-refractivity contribution >= 4 is 33.4 Å². The van der Waals surface area contributed by atoms with Crippen molar-refractivity contribution in [2.45, 2.75) is 37.8 Å². The van der Waals surface area contributed by atoms with Crippen molar-refractivity contribution in [2.24, 2.45) is 0 Å². The molecule has 4 rings (SSSR count). The third-order valence-corrected chi connectivity index (χ3v) is 7.15. The highest BCUT2D eigenvalue weighted by Gasteiger charge is 2.38. The first-order chi connectivity index (χ1) is 16.8. The quantitative estimate of drug-likeness (QED) is 0.446. The van der Waals surface area contributed by atoms with Crippen molar-refractivity contribution in [1.82, 2.24) is 19.4 Å². The SMILES string of the molecule is Cc1noc(-c2cnc(Nc3cccc(S(=O)(=O)N4CCCC4)c3)nc2N)c1C.O=C(O)C(F)(F)F. The Kier molecular flexibility index (Phi) is 7.83. The molecule has 0 saturated carbocycles. The van der Waals surface area contributed by atoms with Gasteiger partial charge in [-0.15, -0.1) is 0 Å². The Morgan fingerprint density at radius 2 is 1.86 bits per heavy atom. The maximum absolute atomic E-state index is 12.8. The zero-order valence-electron chi connectivity index (χ0n) is 19.2. The van der Waals surface area contributed by atoms with E-state index in [0.717, 1.165) is 24.1 Å². The Labute approximate surface area is 204 Å². The Hall–Kier alpha value is -3.72. The second-order valence-electron chi connectivity index (χ2n) is 7.78. The molecule has 1 aliphatic heterocycles. The number of anilines is 3. The fraction of sp³-hybridized carbons (Fsp3) is 0.333. The van der Waals surface area contributed by atoms with Gasteiger partial charge in [0, 0.05) is 30.5 Å². The largest absolute Gasteiger partial charge is 0.490 e. The number of hydrogen-bond acceptors (Lipinski definition) is 9. The van der Waals surface area contributed by atoms with E-state index in [1.807, 2.05) is 13.8 Å². The number of benzene rings is 1. The van der Waals surface area contributed by atoms with Crippen LogP contribution in [0.2, 0.25) is 0 Å². The topological polar surface area (TPSA) is 165 Å². The average molecular weight is 529 g/mol. The molecule has 0 atom stereocenters. The van der Waals surface area contributed by atoms with E-state index in [2.05, 4.69) is 20.4 Å². The maximum atomic E-state index is 12.8. The van der Waals surface area contributed by atoms with Crippen molar-refractivity contribution in [3.8, 4) is 11.3 Å². The Balaban J connectivity index is 0.000000454. The highest BCUT2D eigenvalue weighted by Crippen LogP contribution is 2.30. The second kappa shape index (κ2) is 10.5. The third kappa shape index (κ3) is 6.09. The summed E-state index contributed by atoms with van der Waals surface area (Å²) < 4.78 is 64.1. The predicted octanol–water partition coefficient (Wildman–Crippen LogP) is 3.49. The fourth-order valence-electron chi connectivity index (χ4n) is 3.24. The van der Waals surface area contributed by atoms with E-state index < -0.39 is 22.2 Å². The number of halogens is 3. The number of hydrogen-bond donors (Lipinski definition) is 3. The second-order valence-corrected chi connectivity index (χ2v) is 9.72. The first-order valence-corrected chi connectivity index (χ1v) is 12.0. The molecule has 0 unspecified atom stereocenters. The Morgan fingerprint density at radius 3 is 2.39 bits per heavy atom. The van der Waals surface area contributed by atoms with Crippen molar-refractivity contribution in [1.29, 1.82) is 0 Å². The van der Waals surface area contributed by atoms with Gasteiger partial charge in [0.15, 0.2) is 5.76 Å². The van der Waals surface area contributed by atoms with E-state index in [0.29, 0.717) is 30.1 Å². The van der Waals surface area contributed by atoms with Crippen LogP contribution in [-0.2, 0) is 14.8 Å². The minimum atomic E-state index is -5.08. The van der Waals surface area contributed by atoms with E-state index in [1.165, 1.54) is 4.31 Å². The molecule has 0 bridgehead atoms. The van der Waals surface area contributed by atoms with Crippen molar-refractivity contribution in [3.05, 3.63) is 41.7 Å². The molecule has 36 heavy (non-hydrogen) atoms. The van der Waals surface area contributed by atoms with Crippen LogP contribution in [0.4, 0.5) is 30.6 Å². The number of aliphatic carboxylic acids is 1. The van der Waals surface area contributed by atoms with E-state index in [1.54, 1.807) is 30.5 Å². The number of aromatic nitrogens is 3. The van der Waals surface area contributed by atoms with Gasteiger partial charge in [0.05, 0.1) is 16.2 Å². The number of rotatable bonds is 5. The molecule has 1 saturated heterocycles. The van der Waals surface area contributed by atoms with Crippen LogP contribution >= 0.6 is 0 Å². The molecule has 0 amide bonds. The molecule has 0 radical (unpaired) electrons. The van der Waals surface area contributed by atoms with Gasteiger partial charge in [-0.05, 0) is 44.9 Å². The first-order valence-electron chi connectivity index (χ1n) is 10.5. The van der Waals surface area contributed by atoms with Crippen LogP contribution in [0.5, 0.6) is 0 Å². The van der Waals surface area contributed by atoms with Gasteiger partial charge >= 0.3 is 12.1 Å². The Bertz CT molecular complexity index is 1350. The van der Waals surface area contributed by atoms with E-state index in [-0.39, 0.29) is 16.7 Å². The van der Waals surface area contributed by atoms with E-state index in [4.69, 9.17) is 20.2 Å². The number of carbonyl (C=O) groups is 1. The lowest BCUT2D eigenvalue weighted by Gasteiger charge is -2.16. The predicted molar refractivity (Wildman–Crippen MR) is 123 cm³/mol. The number of nitrogens with one attached hydrogen (secondary N) is 1.